The van der Waals surface area contributed by atoms with Crippen LogP contribution in [0.5, 0.6) is 5.75 Å². The molecule has 0 bridgehead atoms. The van der Waals surface area contributed by atoms with E-state index in [1.165, 1.54) is 12.1 Å². The zero-order chi connectivity index (χ0) is 18.8. The average molecular weight is 363 g/mol. The summed E-state index contributed by atoms with van der Waals surface area (Å²) >= 11 is 0. The number of amides is 1. The number of para-hydroxylation sites is 1. The highest BCUT2D eigenvalue weighted by atomic mass is 19.1. The minimum atomic E-state index is -0.504. The molecule has 1 N–H and O–H groups in total. The van der Waals surface area contributed by atoms with E-state index in [2.05, 4.69) is 10.3 Å². The van der Waals surface area contributed by atoms with Crippen LogP contribution in [-0.2, 0) is 11.8 Å². The molecule has 3 aromatic rings. The molecule has 5 nitrogen and oxygen atoms in total. The quantitative estimate of drug-likeness (QED) is 0.774. The van der Waals surface area contributed by atoms with E-state index in [1.807, 2.05) is 42.0 Å². The number of hydrogen-bond acceptors (Lipinski definition) is 3. The minimum Gasteiger partial charge on any atom is -0.488 e. The first-order chi connectivity index (χ1) is 13.1. The first-order valence-corrected chi connectivity index (χ1v) is 8.58. The monoisotopic (exact) mass is 363 g/mol. The Morgan fingerprint density at radius 1 is 1.22 bits per heavy atom. The Bertz CT molecular complexity index is 1010. The number of carbonyl (C=O) groups excluding carboxylic acids is 1. The van der Waals surface area contributed by atoms with Crippen LogP contribution in [0.15, 0.2) is 66.5 Å². The van der Waals surface area contributed by atoms with Crippen molar-refractivity contribution in [1.29, 1.82) is 0 Å². The number of ether oxygens (including phenoxy) is 1. The molecular weight excluding hydrogens is 345 g/mol. The second-order valence-corrected chi connectivity index (χ2v) is 6.35. The van der Waals surface area contributed by atoms with Crippen LogP contribution in [0.1, 0.15) is 23.0 Å². The predicted molar refractivity (Wildman–Crippen MR) is 99.5 cm³/mol. The molecule has 0 spiro atoms. The molecule has 1 aromatic heterocycles. The van der Waals surface area contributed by atoms with E-state index >= 15 is 0 Å². The summed E-state index contributed by atoms with van der Waals surface area (Å²) in [5.41, 5.74) is 2.14. The van der Waals surface area contributed by atoms with Gasteiger partial charge in [-0.2, -0.15) is 0 Å². The number of carbonyl (C=O) groups is 1. The third-order valence-electron chi connectivity index (χ3n) is 4.52. The minimum absolute atomic E-state index is 0.194. The lowest BCUT2D eigenvalue weighted by molar-refractivity contribution is -0.118. The van der Waals surface area contributed by atoms with E-state index in [4.69, 9.17) is 4.74 Å². The molecule has 1 atom stereocenters. The van der Waals surface area contributed by atoms with Crippen molar-refractivity contribution in [2.24, 2.45) is 7.05 Å². The zero-order valence-electron chi connectivity index (χ0n) is 14.7. The number of rotatable bonds is 4. The summed E-state index contributed by atoms with van der Waals surface area (Å²) < 4.78 is 20.8. The number of benzene rings is 2. The summed E-state index contributed by atoms with van der Waals surface area (Å²) in [7, 11) is 1.85. The van der Waals surface area contributed by atoms with Gasteiger partial charge in [-0.3, -0.25) is 4.79 Å². The summed E-state index contributed by atoms with van der Waals surface area (Å²) in [6.45, 7) is 0.194. The van der Waals surface area contributed by atoms with Gasteiger partial charge in [0.2, 0.25) is 0 Å². The molecule has 1 aliphatic rings. The lowest BCUT2D eigenvalue weighted by Gasteiger charge is -2.22. The second-order valence-electron chi connectivity index (χ2n) is 6.35. The number of nitrogens with zero attached hydrogens (tertiary/aromatic N) is 2. The topological polar surface area (TPSA) is 56.2 Å². The zero-order valence-corrected chi connectivity index (χ0v) is 14.7. The molecule has 2 heterocycles. The number of aromatic nitrogens is 2. The summed E-state index contributed by atoms with van der Waals surface area (Å²) in [6, 6.07) is 13.1. The smallest absolute Gasteiger partial charge is 0.251 e. The van der Waals surface area contributed by atoms with E-state index in [9.17, 15) is 9.18 Å². The van der Waals surface area contributed by atoms with Crippen LogP contribution < -0.4 is 10.1 Å². The van der Waals surface area contributed by atoms with Gasteiger partial charge in [0.15, 0.2) is 0 Å². The van der Waals surface area contributed by atoms with Crippen LogP contribution in [0.4, 0.5) is 4.39 Å². The molecule has 1 aliphatic heterocycles. The first kappa shape index (κ1) is 17.0. The van der Waals surface area contributed by atoms with Gasteiger partial charge in [-0.05, 0) is 29.8 Å². The normalized spacial score (nSPS) is 13.9. The van der Waals surface area contributed by atoms with E-state index in [1.54, 1.807) is 24.5 Å². The molecule has 4 rings (SSSR count). The maximum absolute atomic E-state index is 13.3. The molecule has 2 aromatic carbocycles. The van der Waals surface area contributed by atoms with E-state index < -0.39 is 6.04 Å². The molecule has 0 radical (unpaired) electrons. The van der Waals surface area contributed by atoms with Crippen LogP contribution in [0, 0.1) is 5.82 Å². The van der Waals surface area contributed by atoms with Crippen molar-refractivity contribution < 1.29 is 13.9 Å². The van der Waals surface area contributed by atoms with Crippen LogP contribution in [0.2, 0.25) is 0 Å². The summed E-state index contributed by atoms with van der Waals surface area (Å²) in [6.07, 6.45) is 5.29. The molecule has 27 heavy (non-hydrogen) atoms. The van der Waals surface area contributed by atoms with Crippen molar-refractivity contribution in [3.8, 4) is 5.75 Å². The van der Waals surface area contributed by atoms with Crippen LogP contribution in [0.3, 0.4) is 0 Å². The highest BCUT2D eigenvalue weighted by Crippen LogP contribution is 2.27. The molecule has 1 amide bonds. The number of aryl methyl sites for hydroxylation is 1. The molecule has 0 fully saturated rings. The highest BCUT2D eigenvalue weighted by Gasteiger charge is 2.24. The van der Waals surface area contributed by atoms with Crippen LogP contribution in [-0.4, -0.2) is 22.1 Å². The van der Waals surface area contributed by atoms with Gasteiger partial charge in [0, 0.05) is 25.0 Å². The Hall–Kier alpha value is -3.41. The van der Waals surface area contributed by atoms with E-state index in [0.717, 1.165) is 16.9 Å². The summed E-state index contributed by atoms with van der Waals surface area (Å²) in [4.78, 5) is 17.2. The second kappa shape index (κ2) is 7.07. The molecule has 0 saturated carbocycles. The van der Waals surface area contributed by atoms with Gasteiger partial charge in [-0.25, -0.2) is 9.37 Å². The Balaban J connectivity index is 1.64. The fourth-order valence-electron chi connectivity index (χ4n) is 3.08. The van der Waals surface area contributed by atoms with Gasteiger partial charge in [0.05, 0.1) is 5.57 Å². The van der Waals surface area contributed by atoms with Crippen molar-refractivity contribution >= 4 is 12.0 Å². The van der Waals surface area contributed by atoms with Gasteiger partial charge >= 0.3 is 0 Å². The number of fused-ring (bicyclic) bond motifs is 1. The average Bonchev–Trinajstić information content (AvgIpc) is 3.12. The van der Waals surface area contributed by atoms with Gasteiger partial charge < -0.3 is 14.6 Å². The predicted octanol–water partition coefficient (Wildman–Crippen LogP) is 3.24. The number of hydrogen-bond donors (Lipinski definition) is 1. The number of imidazole rings is 1. The summed E-state index contributed by atoms with van der Waals surface area (Å²) in [5.74, 6) is 0.839. The van der Waals surface area contributed by atoms with Crippen molar-refractivity contribution in [3.05, 3.63) is 89.3 Å². The molecule has 6 heteroatoms. The maximum Gasteiger partial charge on any atom is 0.251 e. The Morgan fingerprint density at radius 3 is 2.74 bits per heavy atom. The van der Waals surface area contributed by atoms with Gasteiger partial charge in [0.25, 0.3) is 5.91 Å². The molecular formula is C21H18FN3O2. The Kier molecular flexibility index (Phi) is 4.46. The number of halogens is 1. The third kappa shape index (κ3) is 3.46. The van der Waals surface area contributed by atoms with Crippen LogP contribution in [0.25, 0.3) is 6.08 Å². The van der Waals surface area contributed by atoms with Crippen molar-refractivity contribution in [2.45, 2.75) is 6.04 Å². The SMILES string of the molecule is Cn1ccnc1C(NC(=O)C1=Cc2ccccc2OC1)c1ccc(F)cc1. The fourth-order valence-corrected chi connectivity index (χ4v) is 3.08. The molecule has 1 unspecified atom stereocenters. The van der Waals surface area contributed by atoms with E-state index in [0.29, 0.717) is 11.4 Å². The van der Waals surface area contributed by atoms with E-state index in [-0.39, 0.29) is 18.3 Å². The Morgan fingerprint density at radius 2 is 2.00 bits per heavy atom. The fraction of sp³-hybridized carbons (Fsp3) is 0.143. The highest BCUT2D eigenvalue weighted by molar-refractivity contribution is 5.99. The van der Waals surface area contributed by atoms with Crippen molar-refractivity contribution in [3.63, 3.8) is 0 Å². The molecule has 0 aliphatic carbocycles. The summed E-state index contributed by atoms with van der Waals surface area (Å²) in [5, 5.41) is 3.00. The lowest BCUT2D eigenvalue weighted by atomic mass is 10.0. The first-order valence-electron chi connectivity index (χ1n) is 8.58. The van der Waals surface area contributed by atoms with Crippen LogP contribution >= 0.6 is 0 Å². The third-order valence-corrected chi connectivity index (χ3v) is 4.52. The van der Waals surface area contributed by atoms with Crippen molar-refractivity contribution in [2.75, 3.05) is 6.61 Å². The molecule has 0 saturated heterocycles. The van der Waals surface area contributed by atoms with Crippen molar-refractivity contribution in [1.82, 2.24) is 14.9 Å². The van der Waals surface area contributed by atoms with Gasteiger partial charge in [-0.15, -0.1) is 0 Å². The number of nitrogens with one attached hydrogen (secondary N) is 1. The maximum atomic E-state index is 13.3. The lowest BCUT2D eigenvalue weighted by Crippen LogP contribution is -2.34. The van der Waals surface area contributed by atoms with Gasteiger partial charge in [-0.1, -0.05) is 30.3 Å². The largest absolute Gasteiger partial charge is 0.488 e. The Labute approximate surface area is 156 Å². The standard InChI is InChI=1S/C21H18FN3O2/c1-25-11-10-23-20(25)19(14-6-8-17(22)9-7-14)24-21(26)16-12-15-4-2-3-5-18(15)27-13-16/h2-12,19H,13H2,1H3,(H,24,26). The van der Waals surface area contributed by atoms with Gasteiger partial charge in [0.1, 0.15) is 30.0 Å². The molecule has 136 valence electrons.